The predicted octanol–water partition coefficient (Wildman–Crippen LogP) is 1.08. The summed E-state index contributed by atoms with van der Waals surface area (Å²) in [4.78, 5) is 0. The number of hydrogen-bond acceptors (Lipinski definition) is 0. The first-order valence-electron chi connectivity index (χ1n) is 6.91. The number of hydrogen-bond donors (Lipinski definition) is 0. The monoisotopic (exact) mass is 618 g/mol. The van der Waals surface area contributed by atoms with Crippen LogP contribution in [0.2, 0.25) is 0 Å². The minimum atomic E-state index is -4.75. The molecule has 0 aliphatic carbocycles. The Morgan fingerprint density at radius 2 is 0.548 bits per heavy atom. The van der Waals surface area contributed by atoms with E-state index in [2.05, 4.69) is 0 Å². The number of alkyl halides is 12. The van der Waals surface area contributed by atoms with E-state index in [4.69, 9.17) is 0 Å². The van der Waals surface area contributed by atoms with E-state index in [-0.39, 0.29) is 60.9 Å². The Morgan fingerprint density at radius 1 is 0.387 bits per heavy atom. The molecule has 0 aliphatic heterocycles. The Kier molecular flexibility index (Phi) is 13.7. The van der Waals surface area contributed by atoms with Gasteiger partial charge in [0.2, 0.25) is 0 Å². The van der Waals surface area contributed by atoms with Gasteiger partial charge in [-0.2, -0.15) is 52.7 Å². The molecule has 174 valence electrons. The molecule has 0 aliphatic rings. The molecule has 0 atom stereocenters. The zero-order chi connectivity index (χ0) is 22.0. The molecule has 2 radical (unpaired) electrons. The third kappa shape index (κ3) is 11.4. The zero-order valence-corrected chi connectivity index (χ0v) is 18.8. The third-order valence-corrected chi connectivity index (χ3v) is 3.03. The van der Waals surface area contributed by atoms with E-state index in [1.54, 1.807) is 0 Å². The van der Waals surface area contributed by atoms with Gasteiger partial charge in [0.15, 0.2) is 0 Å². The predicted molar refractivity (Wildman–Crippen MR) is 78.6 cm³/mol. The number of halogens is 14. The summed E-state index contributed by atoms with van der Waals surface area (Å²) < 4.78 is 144. The van der Waals surface area contributed by atoms with Gasteiger partial charge in [0.05, 0.1) is 22.3 Å². The van der Waals surface area contributed by atoms with E-state index in [0.717, 1.165) is 12.1 Å². The standard InChI is InChI=1S/2C8H4F6.2ClH.Sn/c2*9-7(10,11)5-2-1-3-6(4-5)8(12,13)14;;;/h2*1-4H;2*1H;/q;;;;+2/p-2. The zero-order valence-electron chi connectivity index (χ0n) is 14.4. The summed E-state index contributed by atoms with van der Waals surface area (Å²) in [6.45, 7) is 0. The van der Waals surface area contributed by atoms with Crippen molar-refractivity contribution in [2.24, 2.45) is 0 Å². The molecule has 0 spiro atoms. The van der Waals surface area contributed by atoms with Gasteiger partial charge >= 0.3 is 48.6 Å². The molecule has 31 heavy (non-hydrogen) atoms. The molecule has 0 bridgehead atoms. The van der Waals surface area contributed by atoms with Crippen molar-refractivity contribution in [1.82, 2.24) is 0 Å². The van der Waals surface area contributed by atoms with Crippen molar-refractivity contribution in [3.63, 3.8) is 0 Å². The average molecular weight is 618 g/mol. The maximum Gasteiger partial charge on any atom is 2.00 e. The summed E-state index contributed by atoms with van der Waals surface area (Å²) in [7, 11) is 0. The molecule has 0 nitrogen and oxygen atoms in total. The van der Waals surface area contributed by atoms with Gasteiger partial charge in [0, 0.05) is 0 Å². The molecule has 0 unspecified atom stereocenters. The number of benzene rings is 2. The van der Waals surface area contributed by atoms with E-state index in [9.17, 15) is 52.7 Å². The van der Waals surface area contributed by atoms with Gasteiger partial charge < -0.3 is 24.8 Å². The second-order valence-electron chi connectivity index (χ2n) is 5.15. The maximum absolute atomic E-state index is 12.0. The molecule has 0 aromatic heterocycles. The van der Waals surface area contributed by atoms with Crippen LogP contribution in [-0.4, -0.2) is 23.9 Å². The summed E-state index contributed by atoms with van der Waals surface area (Å²) in [5.74, 6) is 0. The Labute approximate surface area is 196 Å². The normalized spacial score (nSPS) is 11.7. The molecule has 0 N–H and O–H groups in total. The Bertz CT molecular complexity index is 669. The first-order valence-corrected chi connectivity index (χ1v) is 6.91. The van der Waals surface area contributed by atoms with Crippen LogP contribution >= 0.6 is 0 Å². The van der Waals surface area contributed by atoms with Gasteiger partial charge in [-0.15, -0.1) is 0 Å². The van der Waals surface area contributed by atoms with Gasteiger partial charge in [0.25, 0.3) is 0 Å². The van der Waals surface area contributed by atoms with Crippen molar-refractivity contribution in [3.05, 3.63) is 70.8 Å². The van der Waals surface area contributed by atoms with Crippen LogP contribution in [0.5, 0.6) is 0 Å². The quantitative estimate of drug-likeness (QED) is 0.307. The minimum Gasteiger partial charge on any atom is -1.00 e. The van der Waals surface area contributed by atoms with Gasteiger partial charge in [-0.25, -0.2) is 0 Å². The van der Waals surface area contributed by atoms with Gasteiger partial charge in [-0.05, 0) is 36.4 Å². The van der Waals surface area contributed by atoms with Crippen LogP contribution in [0.4, 0.5) is 52.7 Å². The Morgan fingerprint density at radius 3 is 0.677 bits per heavy atom. The molecule has 0 heterocycles. The fraction of sp³-hybridized carbons (Fsp3) is 0.250. The van der Waals surface area contributed by atoms with Crippen LogP contribution < -0.4 is 24.8 Å². The van der Waals surface area contributed by atoms with Crippen molar-refractivity contribution >= 4 is 23.9 Å². The van der Waals surface area contributed by atoms with Crippen LogP contribution in [0.3, 0.4) is 0 Å². The smallest absolute Gasteiger partial charge is 1.00 e. The number of rotatable bonds is 0. The van der Waals surface area contributed by atoms with E-state index in [0.29, 0.717) is 24.3 Å². The summed E-state index contributed by atoms with van der Waals surface area (Å²) in [5.41, 5.74) is -5.20. The molecular formula is C16H8Cl2F12Sn. The summed E-state index contributed by atoms with van der Waals surface area (Å²) in [6, 6.07) is 3.99. The molecule has 0 saturated heterocycles. The van der Waals surface area contributed by atoms with Crippen LogP contribution in [0.15, 0.2) is 48.5 Å². The van der Waals surface area contributed by atoms with E-state index < -0.39 is 47.0 Å². The van der Waals surface area contributed by atoms with E-state index in [1.807, 2.05) is 0 Å². The van der Waals surface area contributed by atoms with Gasteiger partial charge in [-0.3, -0.25) is 0 Å². The second kappa shape index (κ2) is 12.3. The Hall–Kier alpha value is -1.02. The summed E-state index contributed by atoms with van der Waals surface area (Å²) in [6.07, 6.45) is -19.0. The molecule has 2 rings (SSSR count). The fourth-order valence-corrected chi connectivity index (χ4v) is 1.74. The molecule has 0 amide bonds. The molecule has 0 saturated carbocycles. The third-order valence-electron chi connectivity index (χ3n) is 3.03. The summed E-state index contributed by atoms with van der Waals surface area (Å²) in [5, 5.41) is 0. The fourth-order valence-electron chi connectivity index (χ4n) is 1.74. The van der Waals surface area contributed by atoms with Crippen molar-refractivity contribution in [2.45, 2.75) is 24.7 Å². The van der Waals surface area contributed by atoms with Crippen molar-refractivity contribution in [1.29, 1.82) is 0 Å². The van der Waals surface area contributed by atoms with Gasteiger partial charge in [-0.1, -0.05) is 12.1 Å². The SMILES string of the molecule is FC(F)(F)c1cccc(C(F)(F)F)c1.FC(F)(F)c1cccc(C(F)(F)F)c1.[Cl-].[Cl-].[Sn+2]. The van der Waals surface area contributed by atoms with Crippen molar-refractivity contribution in [2.75, 3.05) is 0 Å². The summed E-state index contributed by atoms with van der Waals surface area (Å²) >= 11 is 0. The molecule has 2 aromatic carbocycles. The second-order valence-corrected chi connectivity index (χ2v) is 5.15. The van der Waals surface area contributed by atoms with Crippen molar-refractivity contribution in [3.8, 4) is 0 Å². The van der Waals surface area contributed by atoms with Crippen LogP contribution in [0, 0.1) is 0 Å². The largest absolute Gasteiger partial charge is 2.00 e. The van der Waals surface area contributed by atoms with Crippen LogP contribution in [0.1, 0.15) is 22.3 Å². The topological polar surface area (TPSA) is 0 Å². The van der Waals surface area contributed by atoms with Gasteiger partial charge in [0.1, 0.15) is 0 Å². The molecule has 15 heteroatoms. The average Bonchev–Trinajstić information content (AvgIpc) is 2.52. The first-order chi connectivity index (χ1) is 12.4. The molecule has 2 aromatic rings. The first kappa shape index (κ1) is 34.6. The van der Waals surface area contributed by atoms with Crippen molar-refractivity contribution < 1.29 is 77.5 Å². The molecular weight excluding hydrogens is 610 g/mol. The maximum atomic E-state index is 12.0. The molecule has 0 fully saturated rings. The van der Waals surface area contributed by atoms with Crippen LogP contribution in [0.25, 0.3) is 0 Å². The van der Waals surface area contributed by atoms with E-state index >= 15 is 0 Å². The van der Waals surface area contributed by atoms with Crippen LogP contribution in [-0.2, 0) is 24.7 Å². The Balaban J connectivity index is -0.000000461. The van der Waals surface area contributed by atoms with E-state index in [1.165, 1.54) is 0 Å². The minimum absolute atomic E-state index is 0.